The Morgan fingerprint density at radius 1 is 1.13 bits per heavy atom. The van der Waals surface area contributed by atoms with Gasteiger partial charge in [0.1, 0.15) is 5.52 Å². The summed E-state index contributed by atoms with van der Waals surface area (Å²) in [6, 6.07) is 11.2. The van der Waals surface area contributed by atoms with Crippen LogP contribution in [0.2, 0.25) is 0 Å². The number of carbonyl (C=O) groups is 1. The van der Waals surface area contributed by atoms with Gasteiger partial charge in [0.15, 0.2) is 0 Å². The van der Waals surface area contributed by atoms with E-state index in [9.17, 15) is 18.0 Å². The van der Waals surface area contributed by atoms with Crippen molar-refractivity contribution in [3.63, 3.8) is 0 Å². The summed E-state index contributed by atoms with van der Waals surface area (Å²) in [4.78, 5) is 14.4. The Hall–Kier alpha value is -2.94. The number of nitrogens with zero attached hydrogens (tertiary/aromatic N) is 4. The molecule has 4 rings (SSSR count). The molecule has 2 heterocycles. The zero-order valence-corrected chi connectivity index (χ0v) is 16.5. The molecule has 1 aromatic heterocycles. The number of rotatable bonds is 4. The van der Waals surface area contributed by atoms with Gasteiger partial charge in [0.05, 0.1) is 23.7 Å². The number of aromatic nitrogens is 3. The lowest BCUT2D eigenvalue weighted by atomic mass is 10.0. The minimum Gasteiger partial charge on any atom is -0.325 e. The second-order valence-electron chi connectivity index (χ2n) is 7.66. The monoisotopic (exact) mass is 417 g/mol. The van der Waals surface area contributed by atoms with E-state index in [4.69, 9.17) is 0 Å². The van der Waals surface area contributed by atoms with E-state index >= 15 is 0 Å². The van der Waals surface area contributed by atoms with Gasteiger partial charge in [0, 0.05) is 18.8 Å². The predicted octanol–water partition coefficient (Wildman–Crippen LogP) is 4.03. The summed E-state index contributed by atoms with van der Waals surface area (Å²) in [7, 11) is 0. The molecule has 0 spiro atoms. The third-order valence-corrected chi connectivity index (χ3v) is 5.40. The van der Waals surface area contributed by atoms with Gasteiger partial charge in [-0.3, -0.25) is 9.69 Å². The molecule has 6 nitrogen and oxygen atoms in total. The van der Waals surface area contributed by atoms with Crippen LogP contribution in [-0.2, 0) is 11.0 Å². The molecule has 0 unspecified atom stereocenters. The third-order valence-electron chi connectivity index (χ3n) is 5.40. The molecule has 3 aromatic rings. The molecule has 9 heteroatoms. The van der Waals surface area contributed by atoms with Crippen molar-refractivity contribution in [1.29, 1.82) is 0 Å². The van der Waals surface area contributed by atoms with E-state index in [2.05, 4.69) is 20.5 Å². The van der Waals surface area contributed by atoms with Crippen LogP contribution in [0.15, 0.2) is 42.5 Å². The fourth-order valence-corrected chi connectivity index (χ4v) is 3.75. The number of fused-ring (bicyclic) bond motifs is 1. The average molecular weight is 417 g/mol. The Balaban J connectivity index is 1.35. The number of aryl methyl sites for hydroxylation is 1. The smallest absolute Gasteiger partial charge is 0.325 e. The summed E-state index contributed by atoms with van der Waals surface area (Å²) in [5, 5.41) is 10.9. The van der Waals surface area contributed by atoms with Crippen LogP contribution in [0.25, 0.3) is 11.0 Å². The molecule has 0 atom stereocenters. The molecular formula is C21H22F3N5O. The summed E-state index contributed by atoms with van der Waals surface area (Å²) in [6.07, 6.45) is -2.91. The van der Waals surface area contributed by atoms with Gasteiger partial charge in [-0.05, 0) is 50.1 Å². The van der Waals surface area contributed by atoms with Crippen molar-refractivity contribution < 1.29 is 18.0 Å². The van der Waals surface area contributed by atoms with Gasteiger partial charge in [-0.15, -0.1) is 5.10 Å². The Morgan fingerprint density at radius 2 is 1.83 bits per heavy atom. The minimum atomic E-state index is -4.40. The SMILES string of the molecule is Cc1ccc(NC(=O)CN2CCC(n3nnc4cc(C(F)(F)F)ccc43)CC2)cc1. The highest BCUT2D eigenvalue weighted by Gasteiger charge is 2.31. The summed E-state index contributed by atoms with van der Waals surface area (Å²) in [5.41, 5.74) is 2.01. The molecule has 0 saturated carbocycles. The van der Waals surface area contributed by atoms with Crippen molar-refractivity contribution in [3.8, 4) is 0 Å². The number of anilines is 1. The van der Waals surface area contributed by atoms with E-state index in [1.165, 1.54) is 6.07 Å². The molecule has 2 aromatic carbocycles. The number of halogens is 3. The number of amides is 1. The van der Waals surface area contributed by atoms with Crippen LogP contribution < -0.4 is 5.32 Å². The molecule has 0 radical (unpaired) electrons. The number of nitrogens with one attached hydrogen (secondary N) is 1. The third kappa shape index (κ3) is 4.46. The van der Waals surface area contributed by atoms with E-state index in [-0.39, 0.29) is 17.5 Å². The number of hydrogen-bond donors (Lipinski definition) is 1. The van der Waals surface area contributed by atoms with Crippen LogP contribution in [0.1, 0.15) is 30.0 Å². The van der Waals surface area contributed by atoms with Crippen molar-refractivity contribution in [3.05, 3.63) is 53.6 Å². The van der Waals surface area contributed by atoms with Gasteiger partial charge in [0.25, 0.3) is 0 Å². The number of piperidine rings is 1. The molecule has 0 aliphatic carbocycles. The van der Waals surface area contributed by atoms with Gasteiger partial charge in [-0.25, -0.2) is 4.68 Å². The van der Waals surface area contributed by atoms with E-state index in [0.717, 1.165) is 36.2 Å². The fourth-order valence-electron chi connectivity index (χ4n) is 3.75. The van der Waals surface area contributed by atoms with Crippen molar-refractivity contribution in [1.82, 2.24) is 19.9 Å². The first-order valence-electron chi connectivity index (χ1n) is 9.80. The largest absolute Gasteiger partial charge is 0.416 e. The van der Waals surface area contributed by atoms with Gasteiger partial charge in [-0.2, -0.15) is 13.2 Å². The van der Waals surface area contributed by atoms with Gasteiger partial charge in [-0.1, -0.05) is 22.9 Å². The van der Waals surface area contributed by atoms with Crippen LogP contribution in [0.5, 0.6) is 0 Å². The molecule has 1 saturated heterocycles. The van der Waals surface area contributed by atoms with Crippen LogP contribution in [-0.4, -0.2) is 45.4 Å². The normalized spacial score (nSPS) is 16.1. The maximum atomic E-state index is 12.9. The summed E-state index contributed by atoms with van der Waals surface area (Å²) < 4.78 is 40.4. The van der Waals surface area contributed by atoms with Crippen LogP contribution in [0, 0.1) is 6.92 Å². The highest BCUT2D eigenvalue weighted by Crippen LogP contribution is 2.32. The maximum absolute atomic E-state index is 12.9. The molecule has 1 aliphatic rings. The molecule has 1 aliphatic heterocycles. The van der Waals surface area contributed by atoms with Crippen LogP contribution in [0.3, 0.4) is 0 Å². The second kappa shape index (κ2) is 8.06. The topological polar surface area (TPSA) is 63.1 Å². The number of alkyl halides is 3. The zero-order chi connectivity index (χ0) is 21.3. The van der Waals surface area contributed by atoms with E-state index in [1.54, 1.807) is 4.68 Å². The van der Waals surface area contributed by atoms with E-state index in [0.29, 0.717) is 25.2 Å². The molecule has 1 fully saturated rings. The molecule has 1 amide bonds. The standard InChI is InChI=1S/C21H22F3N5O/c1-14-2-5-16(6-3-14)25-20(30)13-28-10-8-17(9-11-28)29-19-7-4-15(21(22,23)24)12-18(19)26-27-29/h2-7,12,17H,8-11,13H2,1H3,(H,25,30). The number of carbonyl (C=O) groups excluding carboxylic acids is 1. The van der Waals surface area contributed by atoms with E-state index in [1.807, 2.05) is 31.2 Å². The highest BCUT2D eigenvalue weighted by atomic mass is 19.4. The highest BCUT2D eigenvalue weighted by molar-refractivity contribution is 5.92. The fraction of sp³-hybridized carbons (Fsp3) is 0.381. The minimum absolute atomic E-state index is 0.0446. The number of likely N-dealkylation sites (tertiary alicyclic amines) is 1. The van der Waals surface area contributed by atoms with Crippen LogP contribution >= 0.6 is 0 Å². The van der Waals surface area contributed by atoms with Crippen molar-refractivity contribution in [2.45, 2.75) is 32.0 Å². The molecular weight excluding hydrogens is 395 g/mol. The van der Waals surface area contributed by atoms with Crippen molar-refractivity contribution >= 4 is 22.6 Å². The summed E-state index contributed by atoms with van der Waals surface area (Å²) in [6.45, 7) is 3.69. The first kappa shape index (κ1) is 20.3. The maximum Gasteiger partial charge on any atom is 0.416 e. The molecule has 158 valence electrons. The lowest BCUT2D eigenvalue weighted by Crippen LogP contribution is -2.39. The first-order valence-corrected chi connectivity index (χ1v) is 9.80. The van der Waals surface area contributed by atoms with Gasteiger partial charge in [0.2, 0.25) is 5.91 Å². The van der Waals surface area contributed by atoms with E-state index < -0.39 is 11.7 Å². The Bertz CT molecular complexity index is 1040. The first-order chi connectivity index (χ1) is 14.3. The average Bonchev–Trinajstić information content (AvgIpc) is 3.13. The number of hydrogen-bond acceptors (Lipinski definition) is 4. The second-order valence-corrected chi connectivity index (χ2v) is 7.66. The van der Waals surface area contributed by atoms with Gasteiger partial charge >= 0.3 is 6.18 Å². The summed E-state index contributed by atoms with van der Waals surface area (Å²) >= 11 is 0. The quantitative estimate of drug-likeness (QED) is 0.696. The molecule has 1 N–H and O–H groups in total. The van der Waals surface area contributed by atoms with Crippen molar-refractivity contribution in [2.24, 2.45) is 0 Å². The Kier molecular flexibility index (Phi) is 5.46. The predicted molar refractivity (Wildman–Crippen MR) is 107 cm³/mol. The summed E-state index contributed by atoms with van der Waals surface area (Å²) in [5.74, 6) is -0.0665. The lowest BCUT2D eigenvalue weighted by molar-refractivity contribution is -0.137. The molecule has 30 heavy (non-hydrogen) atoms. The van der Waals surface area contributed by atoms with Gasteiger partial charge < -0.3 is 5.32 Å². The zero-order valence-electron chi connectivity index (χ0n) is 16.5. The number of benzene rings is 2. The van der Waals surface area contributed by atoms with Crippen LogP contribution in [0.4, 0.5) is 18.9 Å². The Labute approximate surface area is 171 Å². The molecule has 0 bridgehead atoms. The lowest BCUT2D eigenvalue weighted by Gasteiger charge is -2.31. The Morgan fingerprint density at radius 3 is 2.50 bits per heavy atom. The van der Waals surface area contributed by atoms with Crippen molar-refractivity contribution in [2.75, 3.05) is 25.0 Å².